The zero-order valence-corrected chi connectivity index (χ0v) is 16.5. The van der Waals surface area contributed by atoms with Crippen molar-refractivity contribution < 1.29 is 41.0 Å². The average molecular weight is 451 g/mol. The maximum absolute atomic E-state index is 12.7. The largest absolute Gasteiger partial charge is 0.489 e. The third kappa shape index (κ3) is 5.39. The smallest absolute Gasteiger partial charge is 0.416 e. The van der Waals surface area contributed by atoms with Crippen LogP contribution < -0.4 is 9.64 Å². The molecule has 1 aromatic carbocycles. The van der Waals surface area contributed by atoms with E-state index in [2.05, 4.69) is 9.47 Å². The number of carbonyl (C=O) groups is 1. The van der Waals surface area contributed by atoms with Gasteiger partial charge in [0.2, 0.25) is 0 Å². The summed E-state index contributed by atoms with van der Waals surface area (Å²) in [6.45, 7) is -2.91. The number of hydrogen-bond donors (Lipinski definition) is 0. The number of carbonyl (C=O) groups excluding carboxylic acids is 1. The molecule has 1 aliphatic rings. The van der Waals surface area contributed by atoms with Crippen LogP contribution in [0.5, 0.6) is 5.75 Å². The first-order valence-electron chi connectivity index (χ1n) is 8.84. The minimum absolute atomic E-state index is 0.241. The molecule has 2 aromatic rings. The highest BCUT2D eigenvalue weighted by Crippen LogP contribution is 2.35. The fourth-order valence-corrected chi connectivity index (χ4v) is 4.15. The minimum atomic E-state index is -4.45. The number of thiophene rings is 1. The van der Waals surface area contributed by atoms with Crippen molar-refractivity contribution >= 4 is 22.3 Å². The van der Waals surface area contributed by atoms with Crippen molar-refractivity contribution in [2.24, 2.45) is 0 Å². The number of methoxy groups -OCH3 is 1. The lowest BCUT2D eigenvalue weighted by molar-refractivity contribution is -0.137. The summed E-state index contributed by atoms with van der Waals surface area (Å²) >= 11 is 1.24. The first-order valence-corrected chi connectivity index (χ1v) is 9.72. The van der Waals surface area contributed by atoms with E-state index in [0.717, 1.165) is 12.1 Å². The third-order valence-electron chi connectivity index (χ3n) is 4.56. The number of esters is 1. The molecule has 0 amide bonds. The number of rotatable bonds is 7. The van der Waals surface area contributed by atoms with E-state index in [9.17, 15) is 26.7 Å². The SMILES string of the molecule is COC(=O)c1csc(N2C[C@@H](Oc3ccc(C(F)(F)F)cc3)C[C@H]2COC(F)F)c1. The van der Waals surface area contributed by atoms with Crippen molar-refractivity contribution in [3.8, 4) is 5.75 Å². The molecular weight excluding hydrogens is 433 g/mol. The normalized spacial score (nSPS) is 19.4. The van der Waals surface area contributed by atoms with Crippen molar-refractivity contribution in [1.82, 2.24) is 0 Å². The van der Waals surface area contributed by atoms with Gasteiger partial charge in [-0.2, -0.15) is 22.0 Å². The summed E-state index contributed by atoms with van der Waals surface area (Å²) in [6, 6.07) is 5.41. The van der Waals surface area contributed by atoms with Crippen LogP contribution in [-0.4, -0.2) is 45.0 Å². The lowest BCUT2D eigenvalue weighted by Gasteiger charge is -2.24. The molecule has 0 N–H and O–H groups in total. The zero-order chi connectivity index (χ0) is 21.9. The Morgan fingerprint density at radius 2 is 1.97 bits per heavy atom. The molecule has 0 aliphatic carbocycles. The summed E-state index contributed by atoms with van der Waals surface area (Å²) in [5, 5.41) is 2.24. The number of nitrogens with zero attached hydrogens (tertiary/aromatic N) is 1. The second-order valence-electron chi connectivity index (χ2n) is 6.56. The maximum atomic E-state index is 12.7. The summed E-state index contributed by atoms with van der Waals surface area (Å²) in [5.41, 5.74) is -0.460. The summed E-state index contributed by atoms with van der Waals surface area (Å²) < 4.78 is 78.0. The summed E-state index contributed by atoms with van der Waals surface area (Å²) in [4.78, 5) is 13.5. The van der Waals surface area contributed by atoms with Crippen molar-refractivity contribution in [2.45, 2.75) is 31.4 Å². The Morgan fingerprint density at radius 3 is 2.57 bits per heavy atom. The zero-order valence-electron chi connectivity index (χ0n) is 15.7. The van der Waals surface area contributed by atoms with Crippen LogP contribution >= 0.6 is 11.3 Å². The molecule has 30 heavy (non-hydrogen) atoms. The predicted octanol–water partition coefficient (Wildman–Crippen LogP) is 4.82. The highest BCUT2D eigenvalue weighted by atomic mass is 32.1. The van der Waals surface area contributed by atoms with Crippen molar-refractivity contribution in [1.29, 1.82) is 0 Å². The van der Waals surface area contributed by atoms with Crippen LogP contribution in [0.15, 0.2) is 35.7 Å². The molecule has 2 heterocycles. The van der Waals surface area contributed by atoms with Crippen molar-refractivity contribution in [3.05, 3.63) is 46.8 Å². The van der Waals surface area contributed by atoms with Crippen LogP contribution in [0.2, 0.25) is 0 Å². The lowest BCUT2D eigenvalue weighted by atomic mass is 10.2. The molecule has 2 atom stereocenters. The van der Waals surface area contributed by atoms with E-state index in [1.807, 2.05) is 0 Å². The average Bonchev–Trinajstić information content (AvgIpc) is 3.32. The molecular formula is C19H18F5NO4S. The molecule has 0 saturated carbocycles. The lowest BCUT2D eigenvalue weighted by Crippen LogP contribution is -2.33. The van der Waals surface area contributed by atoms with Crippen LogP contribution in [0.25, 0.3) is 0 Å². The molecule has 0 radical (unpaired) electrons. The summed E-state index contributed by atoms with van der Waals surface area (Å²) in [6.07, 6.45) is -4.59. The Labute approximate surface area is 172 Å². The van der Waals surface area contributed by atoms with Gasteiger partial charge in [0, 0.05) is 11.8 Å². The summed E-state index contributed by atoms with van der Waals surface area (Å²) in [7, 11) is 1.25. The van der Waals surface area contributed by atoms with Crippen LogP contribution in [0.1, 0.15) is 22.3 Å². The number of anilines is 1. The van der Waals surface area contributed by atoms with Crippen LogP contribution in [0.3, 0.4) is 0 Å². The Balaban J connectivity index is 1.72. The Kier molecular flexibility index (Phi) is 6.81. The maximum Gasteiger partial charge on any atom is 0.416 e. The van der Waals surface area contributed by atoms with E-state index < -0.39 is 36.5 Å². The molecule has 1 saturated heterocycles. The van der Waals surface area contributed by atoms with Gasteiger partial charge in [-0.25, -0.2) is 4.79 Å². The highest BCUT2D eigenvalue weighted by Gasteiger charge is 2.36. The van der Waals surface area contributed by atoms with Crippen molar-refractivity contribution in [3.63, 3.8) is 0 Å². The molecule has 1 aliphatic heterocycles. The van der Waals surface area contributed by atoms with E-state index in [4.69, 9.17) is 4.74 Å². The van der Waals surface area contributed by atoms with Gasteiger partial charge in [0.15, 0.2) is 0 Å². The van der Waals surface area contributed by atoms with E-state index in [0.29, 0.717) is 23.5 Å². The second kappa shape index (κ2) is 9.17. The van der Waals surface area contributed by atoms with Crippen LogP contribution in [0.4, 0.5) is 27.0 Å². The van der Waals surface area contributed by atoms with Gasteiger partial charge in [-0.15, -0.1) is 11.3 Å². The van der Waals surface area contributed by atoms with Gasteiger partial charge in [0.25, 0.3) is 0 Å². The monoisotopic (exact) mass is 451 g/mol. The topological polar surface area (TPSA) is 48.0 Å². The Morgan fingerprint density at radius 1 is 1.27 bits per heavy atom. The number of benzene rings is 1. The molecule has 1 fully saturated rings. The highest BCUT2D eigenvalue weighted by molar-refractivity contribution is 7.14. The Bertz CT molecular complexity index is 855. The van der Waals surface area contributed by atoms with E-state index in [1.165, 1.54) is 30.6 Å². The molecule has 164 valence electrons. The van der Waals surface area contributed by atoms with E-state index in [-0.39, 0.29) is 12.4 Å². The first kappa shape index (κ1) is 22.3. The van der Waals surface area contributed by atoms with Gasteiger partial charge in [-0.1, -0.05) is 0 Å². The van der Waals surface area contributed by atoms with Crippen LogP contribution in [-0.2, 0) is 15.7 Å². The quantitative estimate of drug-likeness (QED) is 0.446. The van der Waals surface area contributed by atoms with Crippen LogP contribution in [0, 0.1) is 0 Å². The van der Waals surface area contributed by atoms with Gasteiger partial charge in [-0.05, 0) is 30.3 Å². The predicted molar refractivity (Wildman–Crippen MR) is 99.2 cm³/mol. The first-order chi connectivity index (χ1) is 14.2. The van der Waals surface area contributed by atoms with Crippen molar-refractivity contribution in [2.75, 3.05) is 25.2 Å². The molecule has 0 spiro atoms. The fraction of sp³-hybridized carbons (Fsp3) is 0.421. The number of hydrogen-bond acceptors (Lipinski definition) is 6. The van der Waals surface area contributed by atoms with Gasteiger partial charge >= 0.3 is 18.8 Å². The molecule has 3 rings (SSSR count). The third-order valence-corrected chi connectivity index (χ3v) is 5.53. The van der Waals surface area contributed by atoms with Gasteiger partial charge in [0.1, 0.15) is 11.9 Å². The fourth-order valence-electron chi connectivity index (χ4n) is 3.19. The molecule has 11 heteroatoms. The van der Waals surface area contributed by atoms with Gasteiger partial charge in [-0.3, -0.25) is 0 Å². The van der Waals surface area contributed by atoms with E-state index in [1.54, 1.807) is 16.3 Å². The van der Waals surface area contributed by atoms with Gasteiger partial charge in [0.05, 0.1) is 42.4 Å². The second-order valence-corrected chi connectivity index (χ2v) is 7.45. The standard InChI is InChI=1S/C19H18F5NO4S/c1-27-17(26)11-6-16(30-10-11)25-8-15(7-13(25)9-28-18(20)21)29-14-4-2-12(3-5-14)19(22,23)24/h2-6,10,13,15,18H,7-9H2,1H3/t13-,15-/m0/s1. The number of halogens is 5. The minimum Gasteiger partial charge on any atom is -0.489 e. The Hall–Kier alpha value is -2.40. The van der Waals surface area contributed by atoms with E-state index >= 15 is 0 Å². The molecule has 5 nitrogen and oxygen atoms in total. The van der Waals surface area contributed by atoms with Gasteiger partial charge < -0.3 is 19.1 Å². The molecule has 0 unspecified atom stereocenters. The molecule has 1 aromatic heterocycles. The number of alkyl halides is 5. The molecule has 0 bridgehead atoms. The number of ether oxygens (including phenoxy) is 3. The summed E-state index contributed by atoms with van der Waals surface area (Å²) in [5.74, 6) is -0.278.